The van der Waals surface area contributed by atoms with E-state index in [0.29, 0.717) is 45.6 Å². The summed E-state index contributed by atoms with van der Waals surface area (Å²) in [5.74, 6) is -0.159. The number of nitriles is 1. The van der Waals surface area contributed by atoms with Gasteiger partial charge in [-0.1, -0.05) is 28.1 Å². The summed E-state index contributed by atoms with van der Waals surface area (Å²) in [6, 6.07) is 9.86. The number of hydrogen-bond acceptors (Lipinski definition) is 4. The predicted molar refractivity (Wildman–Crippen MR) is 96.4 cm³/mol. The van der Waals surface area contributed by atoms with E-state index in [2.05, 4.69) is 32.2 Å². The molecule has 0 aromatic heterocycles. The Morgan fingerprint density at radius 1 is 1.24 bits per heavy atom. The number of carbonyl (C=O) groups is 2. The van der Waals surface area contributed by atoms with Gasteiger partial charge in [0.15, 0.2) is 0 Å². The number of nitrogens with one attached hydrogen (secondary N) is 1. The van der Waals surface area contributed by atoms with Crippen molar-refractivity contribution in [3.63, 3.8) is 0 Å². The summed E-state index contributed by atoms with van der Waals surface area (Å²) in [5, 5.41) is 12.3. The topological polar surface area (TPSA) is 76.4 Å². The Hall–Kier alpha value is -1.91. The zero-order valence-electron chi connectivity index (χ0n) is 13.9. The van der Waals surface area contributed by atoms with Gasteiger partial charge in [-0.05, 0) is 24.1 Å². The molecule has 132 valence electrons. The normalized spacial score (nSPS) is 22.8. The Morgan fingerprint density at radius 2 is 1.92 bits per heavy atom. The molecule has 2 aliphatic heterocycles. The summed E-state index contributed by atoms with van der Waals surface area (Å²) in [4.78, 5) is 28.1. The minimum absolute atomic E-state index is 0.0389. The van der Waals surface area contributed by atoms with Crippen molar-refractivity contribution in [1.29, 1.82) is 5.26 Å². The van der Waals surface area contributed by atoms with E-state index >= 15 is 0 Å². The summed E-state index contributed by atoms with van der Waals surface area (Å²) in [6.07, 6.45) is 1.00. The van der Waals surface area contributed by atoms with Gasteiger partial charge in [-0.2, -0.15) is 5.26 Å². The van der Waals surface area contributed by atoms with Crippen LogP contribution in [0.1, 0.15) is 24.4 Å². The van der Waals surface area contributed by atoms with Gasteiger partial charge in [0.1, 0.15) is 6.04 Å². The lowest BCUT2D eigenvalue weighted by Crippen LogP contribution is -2.52. The van der Waals surface area contributed by atoms with E-state index < -0.39 is 0 Å². The van der Waals surface area contributed by atoms with E-state index in [0.717, 1.165) is 10.0 Å². The Kier molecular flexibility index (Phi) is 5.71. The lowest BCUT2D eigenvalue weighted by Gasteiger charge is -2.38. The number of carbonyl (C=O) groups excluding carboxylic acids is 2. The summed E-state index contributed by atoms with van der Waals surface area (Å²) >= 11 is 3.41. The molecule has 7 heteroatoms. The largest absolute Gasteiger partial charge is 0.356 e. The number of nitrogens with zero attached hydrogens (tertiary/aromatic N) is 3. The smallest absolute Gasteiger partial charge is 0.226 e. The standard InChI is InChI=1S/C18H21BrN4O2/c19-15-3-1-13(2-4-15)16(12-20)22-7-9-23(10-8-22)18(25)14-5-6-21-17(24)11-14/h1-4,14,16H,5-11H2,(H,21,24)/t14-,16+/m0/s1. The van der Waals surface area contributed by atoms with Crippen molar-refractivity contribution in [1.82, 2.24) is 15.1 Å². The van der Waals surface area contributed by atoms with E-state index in [1.54, 1.807) is 0 Å². The molecule has 1 aromatic rings. The van der Waals surface area contributed by atoms with Gasteiger partial charge in [0.25, 0.3) is 0 Å². The Balaban J connectivity index is 1.59. The van der Waals surface area contributed by atoms with Crippen molar-refractivity contribution in [2.75, 3.05) is 32.7 Å². The van der Waals surface area contributed by atoms with Gasteiger partial charge in [0, 0.05) is 49.5 Å². The molecule has 2 atom stereocenters. The lowest BCUT2D eigenvalue weighted by molar-refractivity contribution is -0.141. The number of rotatable bonds is 3. The molecule has 1 aromatic carbocycles. The van der Waals surface area contributed by atoms with Crippen molar-refractivity contribution in [2.24, 2.45) is 5.92 Å². The van der Waals surface area contributed by atoms with Crippen LogP contribution in [0, 0.1) is 17.2 Å². The molecular formula is C18H21BrN4O2. The van der Waals surface area contributed by atoms with Gasteiger partial charge in [0.2, 0.25) is 11.8 Å². The third-order valence-electron chi connectivity index (χ3n) is 4.90. The molecule has 2 saturated heterocycles. The van der Waals surface area contributed by atoms with Gasteiger partial charge in [-0.3, -0.25) is 14.5 Å². The number of benzene rings is 1. The van der Waals surface area contributed by atoms with E-state index in [-0.39, 0.29) is 23.8 Å². The molecule has 0 aliphatic carbocycles. The molecule has 0 radical (unpaired) electrons. The van der Waals surface area contributed by atoms with E-state index in [1.807, 2.05) is 29.2 Å². The second-order valence-electron chi connectivity index (χ2n) is 6.48. The number of amides is 2. The van der Waals surface area contributed by atoms with Gasteiger partial charge >= 0.3 is 0 Å². The minimum Gasteiger partial charge on any atom is -0.356 e. The third kappa shape index (κ3) is 4.20. The fraction of sp³-hybridized carbons (Fsp3) is 0.500. The molecule has 3 rings (SSSR count). The van der Waals surface area contributed by atoms with Gasteiger partial charge in [-0.25, -0.2) is 0 Å². The quantitative estimate of drug-likeness (QED) is 0.831. The maximum Gasteiger partial charge on any atom is 0.226 e. The Bertz CT molecular complexity index is 677. The molecule has 6 nitrogen and oxygen atoms in total. The van der Waals surface area contributed by atoms with Crippen LogP contribution in [0.15, 0.2) is 28.7 Å². The SMILES string of the molecule is N#C[C@H](c1ccc(Br)cc1)N1CCN(C(=O)[C@H]2CCNC(=O)C2)CC1. The fourth-order valence-electron chi connectivity index (χ4n) is 3.47. The van der Waals surface area contributed by atoms with Crippen molar-refractivity contribution in [2.45, 2.75) is 18.9 Å². The maximum absolute atomic E-state index is 12.6. The van der Waals surface area contributed by atoms with Crippen molar-refractivity contribution < 1.29 is 9.59 Å². The second-order valence-corrected chi connectivity index (χ2v) is 7.40. The molecule has 2 fully saturated rings. The average Bonchev–Trinajstić information content (AvgIpc) is 2.64. The van der Waals surface area contributed by atoms with Crippen LogP contribution in [0.2, 0.25) is 0 Å². The highest BCUT2D eigenvalue weighted by atomic mass is 79.9. The molecule has 2 amide bonds. The molecule has 0 spiro atoms. The summed E-state index contributed by atoms with van der Waals surface area (Å²) < 4.78 is 0.986. The monoisotopic (exact) mass is 404 g/mol. The van der Waals surface area contributed by atoms with Gasteiger partial charge < -0.3 is 10.2 Å². The molecule has 1 N–H and O–H groups in total. The van der Waals surface area contributed by atoms with Crippen LogP contribution in [0.25, 0.3) is 0 Å². The number of piperidine rings is 1. The van der Waals surface area contributed by atoms with Crippen LogP contribution in [0.5, 0.6) is 0 Å². The van der Waals surface area contributed by atoms with Crippen LogP contribution >= 0.6 is 15.9 Å². The Labute approximate surface area is 155 Å². The van der Waals surface area contributed by atoms with E-state index in [4.69, 9.17) is 0 Å². The summed E-state index contributed by atoms with van der Waals surface area (Å²) in [6.45, 7) is 3.12. The highest BCUT2D eigenvalue weighted by molar-refractivity contribution is 9.10. The highest BCUT2D eigenvalue weighted by Crippen LogP contribution is 2.24. The van der Waals surface area contributed by atoms with Gasteiger partial charge in [-0.15, -0.1) is 0 Å². The first-order valence-corrected chi connectivity index (χ1v) is 9.32. The predicted octanol–water partition coefficient (Wildman–Crippen LogP) is 1.68. The zero-order valence-corrected chi connectivity index (χ0v) is 15.5. The first-order chi connectivity index (χ1) is 12.1. The van der Waals surface area contributed by atoms with Crippen molar-refractivity contribution in [3.05, 3.63) is 34.3 Å². The molecule has 0 bridgehead atoms. The average molecular weight is 405 g/mol. The van der Waals surface area contributed by atoms with E-state index in [9.17, 15) is 14.9 Å². The van der Waals surface area contributed by atoms with Crippen molar-refractivity contribution >= 4 is 27.7 Å². The third-order valence-corrected chi connectivity index (χ3v) is 5.42. The fourth-order valence-corrected chi connectivity index (χ4v) is 3.73. The van der Waals surface area contributed by atoms with Gasteiger partial charge in [0.05, 0.1) is 6.07 Å². The van der Waals surface area contributed by atoms with Crippen LogP contribution in [0.3, 0.4) is 0 Å². The van der Waals surface area contributed by atoms with E-state index in [1.165, 1.54) is 0 Å². The molecule has 0 unspecified atom stereocenters. The first-order valence-electron chi connectivity index (χ1n) is 8.53. The minimum atomic E-state index is -0.300. The number of hydrogen-bond donors (Lipinski definition) is 1. The lowest BCUT2D eigenvalue weighted by atomic mass is 9.95. The zero-order chi connectivity index (χ0) is 17.8. The second kappa shape index (κ2) is 7.98. The van der Waals surface area contributed by atoms with Crippen LogP contribution in [-0.2, 0) is 9.59 Å². The Morgan fingerprint density at radius 3 is 2.52 bits per heavy atom. The summed E-state index contributed by atoms with van der Waals surface area (Å²) in [5.41, 5.74) is 0.967. The maximum atomic E-state index is 12.6. The van der Waals surface area contributed by atoms with Crippen LogP contribution in [-0.4, -0.2) is 54.3 Å². The summed E-state index contributed by atoms with van der Waals surface area (Å²) in [7, 11) is 0. The molecule has 2 heterocycles. The highest BCUT2D eigenvalue weighted by Gasteiger charge is 2.32. The van der Waals surface area contributed by atoms with Crippen LogP contribution in [0.4, 0.5) is 0 Å². The molecule has 25 heavy (non-hydrogen) atoms. The first kappa shape index (κ1) is 17.9. The number of halogens is 1. The molecule has 2 aliphatic rings. The number of piperazine rings is 1. The molecular weight excluding hydrogens is 384 g/mol. The van der Waals surface area contributed by atoms with Crippen LogP contribution < -0.4 is 5.32 Å². The van der Waals surface area contributed by atoms with Crippen molar-refractivity contribution in [3.8, 4) is 6.07 Å². The molecule has 0 saturated carbocycles.